The minimum Gasteiger partial charge on any atom is -0.497 e. The Labute approximate surface area is 737 Å². The number of carboxylic acid groups (broad SMARTS) is 1. The number of fused-ring (bicyclic) bond motifs is 1. The van der Waals surface area contributed by atoms with E-state index < -0.39 is 51.6 Å². The van der Waals surface area contributed by atoms with Crippen molar-refractivity contribution >= 4 is 51.3 Å². The quantitative estimate of drug-likeness (QED) is 0.0167. The molecule has 3 fully saturated rings. The van der Waals surface area contributed by atoms with Gasteiger partial charge in [0.05, 0.1) is 90.4 Å². The van der Waals surface area contributed by atoms with E-state index in [1.54, 1.807) is 137 Å². The number of ether oxygens (including phenoxy) is 7. The lowest BCUT2D eigenvalue weighted by atomic mass is 9.99. The normalized spacial score (nSPS) is 14.5. The molecule has 10 aromatic rings. The van der Waals surface area contributed by atoms with Gasteiger partial charge in [-0.2, -0.15) is 13.5 Å². The Balaban J connectivity index is 0.000000190. The van der Waals surface area contributed by atoms with Crippen molar-refractivity contribution in [1.29, 1.82) is 5.41 Å². The maximum Gasteiger partial charge on any atom is 0.408 e. The molecule has 3 saturated heterocycles. The number of alkyl carbamates (subject to hydrolysis) is 2. The predicted octanol–water partition coefficient (Wildman–Crippen LogP) is 17.3. The fourth-order valence-electron chi connectivity index (χ4n) is 14.2. The molecule has 13 rings (SSSR count). The van der Waals surface area contributed by atoms with Crippen LogP contribution in [0, 0.1) is 12.3 Å². The third-order valence-electron chi connectivity index (χ3n) is 20.8. The molecule has 27 heteroatoms. The standard InChI is InChI=1S/C27H28N4O2.C15H23NO6S.C15H13NO2.C14H21NO4.C14H21NO.C13H20N2O/c1-33-24-9-5-7-21(16-24)26(18-31-12-2-3-13-31)29-27(32)22-8-4-6-19(14-22)20-10-11-25-23(15-20)17-28-30-25;1-15(2,3)22-14(17)16-13(10-21-23(5,18)19)11-7-6-8-12(9-11)20-4;1-10-5-6-12(8-14(10)9-16)11-3-2-4-13(7-11)15(17)18;1-14(2,3)19-13(17)15-12(9-16)10-6-5-7-11(8-10)18-4;1-12(11-15-8-3-4-9-15)13-6-5-7-14(10-13)16-2;1-16-12-6-4-5-11(9-12)13(14)10-15-7-2-3-8-15/h4-11,14-17,26H,2-3,12-13,18H2,1H3,(H,28,30)(H,29,32);6-9,13H,10H2,1-5H3,(H,16,17);2-9,16H,1H3,(H,17,18);5-8,12,16H,9H2,1-4H3,(H,15,17);5-7,10,12H,3-4,8-9,11H2,1-2H3;4-6,9,13H,2-3,7-8,10,14H2,1H3. The summed E-state index contributed by atoms with van der Waals surface area (Å²) in [5.41, 5.74) is 17.6. The summed E-state index contributed by atoms with van der Waals surface area (Å²) in [5.74, 6) is 3.47. The van der Waals surface area contributed by atoms with Crippen molar-refractivity contribution in [2.24, 2.45) is 5.73 Å². The van der Waals surface area contributed by atoms with Crippen LogP contribution in [0.1, 0.15) is 177 Å². The average Bonchev–Trinajstić information content (AvgIpc) is 1.74. The van der Waals surface area contributed by atoms with Gasteiger partial charge in [0.2, 0.25) is 0 Å². The van der Waals surface area contributed by atoms with E-state index in [4.69, 9.17) is 53.6 Å². The number of rotatable bonds is 28. The van der Waals surface area contributed by atoms with Gasteiger partial charge in [0, 0.05) is 42.8 Å². The first-order valence-electron chi connectivity index (χ1n) is 42.1. The van der Waals surface area contributed by atoms with E-state index in [2.05, 4.69) is 84.2 Å². The molecule has 0 spiro atoms. The van der Waals surface area contributed by atoms with E-state index in [9.17, 15) is 32.7 Å². The van der Waals surface area contributed by atoms with Gasteiger partial charge in [-0.25, -0.2) is 14.4 Å². The zero-order valence-electron chi connectivity index (χ0n) is 74.6. The molecule has 5 unspecified atom stereocenters. The van der Waals surface area contributed by atoms with Gasteiger partial charge in [-0.3, -0.25) is 14.1 Å². The predicted molar refractivity (Wildman–Crippen MR) is 493 cm³/mol. The molecule has 670 valence electrons. The molecular weight excluding hydrogens is 1610 g/mol. The number of benzene rings is 9. The Morgan fingerprint density at radius 3 is 1.38 bits per heavy atom. The number of aliphatic hydroxyl groups excluding tert-OH is 1. The topological polar surface area (TPSA) is 341 Å². The van der Waals surface area contributed by atoms with Gasteiger partial charge < -0.3 is 85.2 Å². The molecule has 3 amide bonds. The first kappa shape index (κ1) is 98.7. The molecule has 9 N–H and O–H groups in total. The molecular formula is C98H126N10O16S. The van der Waals surface area contributed by atoms with Crippen LogP contribution in [0.15, 0.2) is 212 Å². The Bertz CT molecular complexity index is 5120. The highest BCUT2D eigenvalue weighted by Gasteiger charge is 2.27. The third-order valence-corrected chi connectivity index (χ3v) is 21.4. The summed E-state index contributed by atoms with van der Waals surface area (Å²) in [7, 11) is 4.52. The number of aryl methyl sites for hydroxylation is 1. The van der Waals surface area contributed by atoms with E-state index >= 15 is 0 Å². The minimum atomic E-state index is -3.64. The Hall–Kier alpha value is -11.7. The number of aromatic carboxylic acids is 1. The second-order valence-electron chi connectivity index (χ2n) is 32.9. The van der Waals surface area contributed by atoms with Gasteiger partial charge in [-0.1, -0.05) is 110 Å². The molecule has 3 aliphatic heterocycles. The number of hydrogen-bond acceptors (Lipinski definition) is 21. The summed E-state index contributed by atoms with van der Waals surface area (Å²) in [5, 5.41) is 42.3. The molecule has 26 nitrogen and oxygen atoms in total. The van der Waals surface area contributed by atoms with Crippen LogP contribution in [0.3, 0.4) is 0 Å². The number of H-pyrrole nitrogens is 1. The van der Waals surface area contributed by atoms with Crippen LogP contribution in [0.4, 0.5) is 9.59 Å². The number of likely N-dealkylation sites (tertiary alicyclic amines) is 3. The lowest BCUT2D eigenvalue weighted by molar-refractivity contribution is 0.0474. The Morgan fingerprint density at radius 2 is 0.904 bits per heavy atom. The largest absolute Gasteiger partial charge is 0.497 e. The van der Waals surface area contributed by atoms with Gasteiger partial charge in [-0.15, -0.1) is 0 Å². The number of methoxy groups -OCH3 is 5. The van der Waals surface area contributed by atoms with Crippen molar-refractivity contribution in [2.75, 3.05) is 114 Å². The van der Waals surface area contributed by atoms with E-state index in [1.165, 1.54) is 90.1 Å². The SMILES string of the molecule is COc1cccc(C(C)CN2CCCC2)c1.COc1cccc(C(CN2CCCC2)NC(=O)c2cccc(-c3ccc4[nH]ncc4c3)c2)c1.COc1cccc(C(CO)NC(=O)OC(C)(C)C)c1.COc1cccc(C(COS(C)(=O)=O)NC(=O)OC(C)(C)C)c1.COc1cccc(C(N)CN2CCCC2)c1.Cc1ccc(-c2cccc(C(=O)O)c2)cc1C=N. The van der Waals surface area contributed by atoms with Crippen LogP contribution in [0.5, 0.6) is 28.7 Å². The van der Waals surface area contributed by atoms with Crippen molar-refractivity contribution in [3.05, 3.63) is 263 Å². The lowest BCUT2D eigenvalue weighted by Gasteiger charge is -2.25. The first-order valence-corrected chi connectivity index (χ1v) is 43.9. The van der Waals surface area contributed by atoms with Gasteiger partial charge >= 0.3 is 18.2 Å². The van der Waals surface area contributed by atoms with Crippen LogP contribution in [0.25, 0.3) is 33.2 Å². The molecule has 3 aliphatic rings. The summed E-state index contributed by atoms with van der Waals surface area (Å²) in [4.78, 5) is 55.3. The van der Waals surface area contributed by atoms with Gasteiger partial charge in [0.15, 0.2) is 0 Å². The number of aromatic amines is 1. The highest BCUT2D eigenvalue weighted by atomic mass is 32.2. The summed E-state index contributed by atoms with van der Waals surface area (Å²) in [6.45, 7) is 24.3. The minimum absolute atomic E-state index is 0.0757. The van der Waals surface area contributed by atoms with Crippen molar-refractivity contribution in [1.82, 2.24) is 40.8 Å². The second kappa shape index (κ2) is 49.1. The molecule has 5 atom stereocenters. The average molecular weight is 1730 g/mol. The number of aliphatic hydroxyl groups is 1. The summed E-state index contributed by atoms with van der Waals surface area (Å²) >= 11 is 0. The van der Waals surface area contributed by atoms with Crippen LogP contribution >= 0.6 is 0 Å². The molecule has 0 bridgehead atoms. The molecule has 1 aromatic heterocycles. The van der Waals surface area contributed by atoms with E-state index in [1.807, 2.05) is 116 Å². The number of hydrogen-bond donors (Lipinski definition) is 8. The number of nitrogens with zero attached hydrogens (tertiary/aromatic N) is 4. The number of nitrogens with two attached hydrogens (primary N) is 1. The zero-order chi connectivity index (χ0) is 90.6. The smallest absolute Gasteiger partial charge is 0.408 e. The number of carboxylic acids is 1. The van der Waals surface area contributed by atoms with E-state index in [-0.39, 0.29) is 36.8 Å². The highest BCUT2D eigenvalue weighted by Crippen LogP contribution is 2.31. The monoisotopic (exact) mass is 1730 g/mol. The molecule has 125 heavy (non-hydrogen) atoms. The maximum absolute atomic E-state index is 13.3. The molecule has 0 aliphatic carbocycles. The Kier molecular flexibility index (Phi) is 38.8. The number of carbonyl (C=O) groups is 4. The summed E-state index contributed by atoms with van der Waals surface area (Å²) < 4.78 is 63.7. The van der Waals surface area contributed by atoms with Crippen LogP contribution in [-0.4, -0.2) is 199 Å². The number of aromatic nitrogens is 2. The van der Waals surface area contributed by atoms with Gasteiger partial charge in [0.25, 0.3) is 16.0 Å². The van der Waals surface area contributed by atoms with Crippen molar-refractivity contribution in [3.8, 4) is 51.0 Å². The fourth-order valence-corrected chi connectivity index (χ4v) is 14.6. The van der Waals surface area contributed by atoms with Crippen LogP contribution in [-0.2, 0) is 23.8 Å². The van der Waals surface area contributed by atoms with Gasteiger partial charge in [-0.05, 0) is 297 Å². The molecule has 4 heterocycles. The summed E-state index contributed by atoms with van der Waals surface area (Å²) in [6.07, 6.45) is 10.6. The van der Waals surface area contributed by atoms with Crippen molar-refractivity contribution in [2.45, 2.75) is 135 Å². The van der Waals surface area contributed by atoms with Gasteiger partial charge in [0.1, 0.15) is 39.9 Å². The molecule has 0 saturated carbocycles. The third kappa shape index (κ3) is 33.7. The second-order valence-corrected chi connectivity index (χ2v) is 34.5. The highest BCUT2D eigenvalue weighted by molar-refractivity contribution is 7.86. The molecule has 0 radical (unpaired) electrons. The van der Waals surface area contributed by atoms with Crippen molar-refractivity contribution < 1.29 is 75.2 Å². The fraction of sp³-hybridized carbons (Fsp3) is 0.388. The number of amides is 3. The number of carbonyl (C=O) groups excluding carboxylic acids is 3. The zero-order valence-corrected chi connectivity index (χ0v) is 75.4. The Morgan fingerprint density at radius 1 is 0.504 bits per heavy atom. The van der Waals surface area contributed by atoms with Crippen molar-refractivity contribution in [3.63, 3.8) is 0 Å². The first-order chi connectivity index (χ1) is 59.7. The van der Waals surface area contributed by atoms with Crippen LogP contribution < -0.4 is 45.4 Å². The summed E-state index contributed by atoms with van der Waals surface area (Å²) in [6, 6.07) is 63.8. The maximum atomic E-state index is 13.3. The lowest BCUT2D eigenvalue weighted by Crippen LogP contribution is -2.37. The van der Waals surface area contributed by atoms with E-state index in [0.29, 0.717) is 28.5 Å². The van der Waals surface area contributed by atoms with Crippen LogP contribution in [0.2, 0.25) is 0 Å². The number of nitrogens with one attached hydrogen (secondary N) is 5. The van der Waals surface area contributed by atoms with E-state index in [0.717, 1.165) is 111 Å². The molecule has 9 aromatic carbocycles.